The Kier molecular flexibility index (Phi) is 3.42. The zero-order valence-electron chi connectivity index (χ0n) is 14.5. The maximum atomic E-state index is 12.3. The zero-order chi connectivity index (χ0) is 17.9. The van der Waals surface area contributed by atoms with Crippen LogP contribution in [0.3, 0.4) is 0 Å². The molecule has 0 spiro atoms. The first-order valence-corrected chi connectivity index (χ1v) is 8.50. The van der Waals surface area contributed by atoms with E-state index in [-0.39, 0.29) is 23.2 Å². The molecule has 6 heteroatoms. The fourth-order valence-electron chi connectivity index (χ4n) is 4.18. The number of ketones is 1. The van der Waals surface area contributed by atoms with Gasteiger partial charge in [-0.2, -0.15) is 0 Å². The molecule has 0 aromatic carbocycles. The molecular formula is C19H20O6. The van der Waals surface area contributed by atoms with Gasteiger partial charge >= 0.3 is 11.9 Å². The van der Waals surface area contributed by atoms with Crippen molar-refractivity contribution in [1.29, 1.82) is 0 Å². The molecule has 2 heterocycles. The number of Topliss-reactive ketones (excluding diaryl/α,β-unsaturated/α-hetero) is 1. The lowest BCUT2D eigenvalue weighted by molar-refractivity contribution is -0.152. The maximum absolute atomic E-state index is 12.3. The minimum absolute atomic E-state index is 0.153. The van der Waals surface area contributed by atoms with Crippen LogP contribution in [0, 0.1) is 11.3 Å². The number of ether oxygens (including phenoxy) is 3. The molecule has 132 valence electrons. The quantitative estimate of drug-likeness (QED) is 0.435. The highest BCUT2D eigenvalue weighted by Gasteiger charge is 2.54. The van der Waals surface area contributed by atoms with Gasteiger partial charge in [-0.3, -0.25) is 4.79 Å². The maximum Gasteiger partial charge on any atom is 0.338 e. The summed E-state index contributed by atoms with van der Waals surface area (Å²) in [6.07, 6.45) is 3.48. The SMILES string of the molecule is CC1=CC(OC=C2C(=O)OC3C4=C(CC23)C(=O)CCC4(C)C)OC1=O. The average Bonchev–Trinajstić information content (AvgIpc) is 3.15. The van der Waals surface area contributed by atoms with Gasteiger partial charge in [0.15, 0.2) is 5.78 Å². The van der Waals surface area contributed by atoms with Crippen LogP contribution >= 0.6 is 0 Å². The summed E-state index contributed by atoms with van der Waals surface area (Å²) in [6.45, 7) is 5.82. The van der Waals surface area contributed by atoms with Crippen LogP contribution in [0.4, 0.5) is 0 Å². The van der Waals surface area contributed by atoms with Gasteiger partial charge in [-0.15, -0.1) is 0 Å². The molecule has 0 radical (unpaired) electrons. The number of rotatable bonds is 2. The fraction of sp³-hybridized carbons (Fsp3) is 0.526. The van der Waals surface area contributed by atoms with Gasteiger partial charge in [0.2, 0.25) is 0 Å². The molecule has 4 rings (SSSR count). The van der Waals surface area contributed by atoms with Crippen molar-refractivity contribution in [2.45, 2.75) is 52.4 Å². The van der Waals surface area contributed by atoms with Crippen LogP contribution in [-0.4, -0.2) is 30.1 Å². The number of allylic oxidation sites excluding steroid dienone is 1. The Morgan fingerprint density at radius 3 is 2.64 bits per heavy atom. The summed E-state index contributed by atoms with van der Waals surface area (Å²) >= 11 is 0. The third-order valence-corrected chi connectivity index (χ3v) is 5.57. The van der Waals surface area contributed by atoms with E-state index in [0.29, 0.717) is 24.0 Å². The van der Waals surface area contributed by atoms with E-state index in [1.807, 2.05) is 0 Å². The molecule has 2 aliphatic heterocycles. The van der Waals surface area contributed by atoms with Crippen molar-refractivity contribution in [3.63, 3.8) is 0 Å². The van der Waals surface area contributed by atoms with Crippen LogP contribution in [0.15, 0.2) is 34.6 Å². The Morgan fingerprint density at radius 1 is 1.20 bits per heavy atom. The van der Waals surface area contributed by atoms with Crippen molar-refractivity contribution >= 4 is 17.7 Å². The summed E-state index contributed by atoms with van der Waals surface area (Å²) in [5.41, 5.74) is 2.50. The van der Waals surface area contributed by atoms with Crippen molar-refractivity contribution in [2.75, 3.05) is 0 Å². The van der Waals surface area contributed by atoms with Crippen LogP contribution in [0.5, 0.6) is 0 Å². The highest BCUT2D eigenvalue weighted by atomic mass is 16.7. The summed E-state index contributed by atoms with van der Waals surface area (Å²) in [4.78, 5) is 36.0. The number of hydrogen-bond donors (Lipinski definition) is 0. The summed E-state index contributed by atoms with van der Waals surface area (Å²) in [6, 6.07) is 0. The van der Waals surface area contributed by atoms with Crippen molar-refractivity contribution in [3.8, 4) is 0 Å². The van der Waals surface area contributed by atoms with Crippen molar-refractivity contribution < 1.29 is 28.6 Å². The van der Waals surface area contributed by atoms with Crippen LogP contribution in [0.25, 0.3) is 0 Å². The number of carbonyl (C=O) groups is 3. The van der Waals surface area contributed by atoms with Crippen molar-refractivity contribution in [1.82, 2.24) is 0 Å². The monoisotopic (exact) mass is 344 g/mol. The van der Waals surface area contributed by atoms with Gasteiger partial charge in [-0.1, -0.05) is 13.8 Å². The minimum Gasteiger partial charge on any atom is -0.458 e. The Hall–Kier alpha value is -2.37. The number of hydrogen-bond acceptors (Lipinski definition) is 6. The van der Waals surface area contributed by atoms with Gasteiger partial charge in [0.25, 0.3) is 6.29 Å². The Balaban J connectivity index is 1.58. The number of fused-ring (bicyclic) bond motifs is 2. The fourth-order valence-corrected chi connectivity index (χ4v) is 4.18. The van der Waals surface area contributed by atoms with E-state index in [2.05, 4.69) is 13.8 Å². The first-order valence-electron chi connectivity index (χ1n) is 8.50. The van der Waals surface area contributed by atoms with Crippen LogP contribution in [0.1, 0.15) is 40.0 Å². The predicted molar refractivity (Wildman–Crippen MR) is 85.8 cm³/mol. The molecule has 0 aromatic heterocycles. The highest BCUT2D eigenvalue weighted by molar-refractivity contribution is 6.00. The molecule has 0 bridgehead atoms. The molecule has 25 heavy (non-hydrogen) atoms. The molecule has 0 aromatic rings. The summed E-state index contributed by atoms with van der Waals surface area (Å²) in [5, 5.41) is 0. The average molecular weight is 344 g/mol. The molecule has 4 aliphatic rings. The Morgan fingerprint density at radius 2 is 1.96 bits per heavy atom. The number of cyclic esters (lactones) is 1. The first-order chi connectivity index (χ1) is 11.8. The van der Waals surface area contributed by atoms with E-state index in [4.69, 9.17) is 14.2 Å². The second-order valence-electron chi connectivity index (χ2n) is 7.67. The smallest absolute Gasteiger partial charge is 0.338 e. The minimum atomic E-state index is -0.825. The summed E-state index contributed by atoms with van der Waals surface area (Å²) in [7, 11) is 0. The molecule has 0 amide bonds. The van der Waals surface area contributed by atoms with E-state index in [9.17, 15) is 14.4 Å². The van der Waals surface area contributed by atoms with Gasteiger partial charge in [0, 0.05) is 24.0 Å². The van der Waals surface area contributed by atoms with Crippen LogP contribution in [-0.2, 0) is 28.6 Å². The predicted octanol–water partition coefficient (Wildman–Crippen LogP) is 2.35. The number of esters is 2. The second-order valence-corrected chi connectivity index (χ2v) is 7.67. The van der Waals surface area contributed by atoms with Gasteiger partial charge < -0.3 is 14.2 Å². The van der Waals surface area contributed by atoms with E-state index >= 15 is 0 Å². The topological polar surface area (TPSA) is 78.9 Å². The van der Waals surface area contributed by atoms with E-state index in [1.54, 1.807) is 13.0 Å². The lowest BCUT2D eigenvalue weighted by Gasteiger charge is -2.33. The first kappa shape index (κ1) is 16.1. The Bertz CT molecular complexity index is 782. The summed E-state index contributed by atoms with van der Waals surface area (Å²) in [5.74, 6) is -0.912. The lowest BCUT2D eigenvalue weighted by Crippen LogP contribution is -2.30. The van der Waals surface area contributed by atoms with E-state index in [0.717, 1.165) is 17.6 Å². The molecule has 3 unspecified atom stereocenters. The molecule has 0 saturated carbocycles. The van der Waals surface area contributed by atoms with Crippen molar-refractivity contribution in [2.24, 2.45) is 11.3 Å². The second kappa shape index (κ2) is 5.31. The molecule has 1 fully saturated rings. The van der Waals surface area contributed by atoms with Crippen molar-refractivity contribution in [3.05, 3.63) is 34.6 Å². The molecule has 2 aliphatic carbocycles. The van der Waals surface area contributed by atoms with Gasteiger partial charge in [0.1, 0.15) is 6.10 Å². The molecule has 6 nitrogen and oxygen atoms in total. The largest absolute Gasteiger partial charge is 0.458 e. The molecule has 3 atom stereocenters. The number of carbonyl (C=O) groups excluding carboxylic acids is 3. The van der Waals surface area contributed by atoms with E-state index < -0.39 is 18.2 Å². The zero-order valence-corrected chi connectivity index (χ0v) is 14.5. The standard InChI is InChI=1S/C19H20O6/c1-9-6-14(24-17(9)21)23-8-12-10-7-11-13(20)4-5-19(2,3)15(11)16(10)25-18(12)22/h6,8,10,14,16H,4-5,7H2,1-3H3. The Labute approximate surface area is 145 Å². The highest BCUT2D eigenvalue weighted by Crippen LogP contribution is 2.53. The third kappa shape index (κ3) is 2.42. The van der Waals surface area contributed by atoms with Gasteiger partial charge in [0.05, 0.1) is 11.8 Å². The lowest BCUT2D eigenvalue weighted by atomic mass is 9.72. The molecular weight excluding hydrogens is 324 g/mol. The van der Waals surface area contributed by atoms with Gasteiger partial charge in [-0.25, -0.2) is 9.59 Å². The van der Waals surface area contributed by atoms with Crippen LogP contribution < -0.4 is 0 Å². The summed E-state index contributed by atoms with van der Waals surface area (Å²) < 4.78 is 16.1. The van der Waals surface area contributed by atoms with Crippen LogP contribution in [0.2, 0.25) is 0 Å². The molecule has 0 N–H and O–H groups in total. The van der Waals surface area contributed by atoms with E-state index in [1.165, 1.54) is 6.26 Å². The third-order valence-electron chi connectivity index (χ3n) is 5.57. The molecule has 1 saturated heterocycles. The van der Waals surface area contributed by atoms with Gasteiger partial charge in [-0.05, 0) is 36.3 Å². The normalized spacial score (nSPS) is 34.7.